The topological polar surface area (TPSA) is 85.0 Å². The van der Waals surface area contributed by atoms with Crippen LogP contribution in [0.25, 0.3) is 0 Å². The summed E-state index contributed by atoms with van der Waals surface area (Å²) in [4.78, 5) is 0. The molecule has 7 nitrogen and oxygen atoms in total. The summed E-state index contributed by atoms with van der Waals surface area (Å²) >= 11 is 6.45. The fourth-order valence-electron chi connectivity index (χ4n) is 2.47. The molecule has 0 atom stereocenters. The fraction of sp³-hybridized carbons (Fsp3) is 0.278. The van der Waals surface area contributed by atoms with Crippen LogP contribution in [0.1, 0.15) is 23.6 Å². The molecule has 136 valence electrons. The number of aryl methyl sites for hydroxylation is 1. The Morgan fingerprint density at radius 1 is 1.19 bits per heavy atom. The van der Waals surface area contributed by atoms with E-state index in [9.17, 15) is 0 Å². The van der Waals surface area contributed by atoms with Gasteiger partial charge in [0.25, 0.3) is 5.95 Å². The van der Waals surface area contributed by atoms with E-state index in [1.54, 1.807) is 0 Å². The number of benzene rings is 2. The zero-order valence-corrected chi connectivity index (χ0v) is 15.4. The molecule has 2 N–H and O–H groups in total. The van der Waals surface area contributed by atoms with Gasteiger partial charge in [0, 0.05) is 6.54 Å². The maximum Gasteiger partial charge on any atom is 0.263 e. The molecule has 1 heterocycles. The third-order valence-electron chi connectivity index (χ3n) is 3.80. The largest absolute Gasteiger partial charge is 0.490 e. The van der Waals surface area contributed by atoms with Gasteiger partial charge in [-0.05, 0) is 47.9 Å². The molecule has 0 spiro atoms. The summed E-state index contributed by atoms with van der Waals surface area (Å²) in [6.07, 6.45) is 0. The number of anilines is 1. The molecule has 0 radical (unpaired) electrons. The van der Waals surface area contributed by atoms with E-state index in [-0.39, 0.29) is 0 Å². The first kappa shape index (κ1) is 18.0. The highest BCUT2D eigenvalue weighted by Gasteiger charge is 2.14. The second kappa shape index (κ2) is 8.53. The van der Waals surface area contributed by atoms with Crippen LogP contribution in [0.5, 0.6) is 11.5 Å². The molecule has 0 saturated heterocycles. The quantitative estimate of drug-likeness (QED) is 0.625. The molecule has 0 bridgehead atoms. The van der Waals surface area contributed by atoms with Crippen molar-refractivity contribution in [1.82, 2.24) is 20.6 Å². The smallest absolute Gasteiger partial charge is 0.263 e. The van der Waals surface area contributed by atoms with Gasteiger partial charge in [0.15, 0.2) is 11.5 Å². The van der Waals surface area contributed by atoms with Crippen molar-refractivity contribution < 1.29 is 9.47 Å². The van der Waals surface area contributed by atoms with Crippen LogP contribution in [-0.4, -0.2) is 27.2 Å². The molecular formula is C18H20ClN5O2. The van der Waals surface area contributed by atoms with Gasteiger partial charge in [0.05, 0.1) is 11.6 Å². The summed E-state index contributed by atoms with van der Waals surface area (Å²) in [5.41, 5.74) is 3.20. The molecule has 1 aromatic heterocycles. The number of halogens is 1. The number of H-pyrrole nitrogens is 1. The van der Waals surface area contributed by atoms with Gasteiger partial charge in [-0.25, -0.2) is 0 Å². The average molecular weight is 374 g/mol. The van der Waals surface area contributed by atoms with Crippen molar-refractivity contribution >= 4 is 17.5 Å². The minimum atomic E-state index is 0.416. The van der Waals surface area contributed by atoms with Gasteiger partial charge in [0.1, 0.15) is 6.61 Å². The highest BCUT2D eigenvalue weighted by atomic mass is 35.5. The standard InChI is InChI=1S/C18H20ClN5O2/c1-3-25-16-9-13(10-20-18-21-23-24-22-18)8-15(19)17(16)26-11-14-7-5-4-6-12(14)2/h4-9H,3,10-11H2,1-2H3,(H2,20,21,22,23,24). The van der Waals surface area contributed by atoms with Crippen LogP contribution in [0.15, 0.2) is 36.4 Å². The Hall–Kier alpha value is -2.80. The summed E-state index contributed by atoms with van der Waals surface area (Å²) < 4.78 is 11.7. The number of nitrogens with zero attached hydrogens (tertiary/aromatic N) is 3. The Morgan fingerprint density at radius 3 is 2.77 bits per heavy atom. The Kier molecular flexibility index (Phi) is 5.91. The highest BCUT2D eigenvalue weighted by molar-refractivity contribution is 6.32. The fourth-order valence-corrected chi connectivity index (χ4v) is 2.75. The first-order valence-electron chi connectivity index (χ1n) is 8.27. The Balaban J connectivity index is 1.76. The van der Waals surface area contributed by atoms with E-state index in [2.05, 4.69) is 38.9 Å². The maximum absolute atomic E-state index is 6.45. The van der Waals surface area contributed by atoms with Crippen LogP contribution < -0.4 is 14.8 Å². The van der Waals surface area contributed by atoms with Gasteiger partial charge >= 0.3 is 0 Å². The van der Waals surface area contributed by atoms with Gasteiger partial charge in [-0.3, -0.25) is 0 Å². The van der Waals surface area contributed by atoms with Crippen molar-refractivity contribution in [2.75, 3.05) is 11.9 Å². The van der Waals surface area contributed by atoms with E-state index in [1.807, 2.05) is 37.3 Å². The maximum atomic E-state index is 6.45. The number of rotatable bonds is 8. The minimum absolute atomic E-state index is 0.416. The van der Waals surface area contributed by atoms with E-state index in [0.717, 1.165) is 11.1 Å². The summed E-state index contributed by atoms with van der Waals surface area (Å²) in [6, 6.07) is 11.8. The zero-order valence-electron chi connectivity index (χ0n) is 14.6. The molecule has 2 aromatic carbocycles. The average Bonchev–Trinajstić information content (AvgIpc) is 3.14. The van der Waals surface area contributed by atoms with Gasteiger partial charge in [-0.1, -0.05) is 41.0 Å². The Labute approximate surface area is 156 Å². The molecule has 0 amide bonds. The molecule has 0 saturated carbocycles. The summed E-state index contributed by atoms with van der Waals surface area (Å²) in [5, 5.41) is 17.1. The van der Waals surface area contributed by atoms with Crippen molar-refractivity contribution in [2.45, 2.75) is 27.0 Å². The van der Waals surface area contributed by atoms with Crippen LogP contribution >= 0.6 is 11.6 Å². The van der Waals surface area contributed by atoms with Crippen molar-refractivity contribution in [1.29, 1.82) is 0 Å². The van der Waals surface area contributed by atoms with E-state index < -0.39 is 0 Å². The second-order valence-electron chi connectivity index (χ2n) is 5.64. The predicted molar refractivity (Wildman–Crippen MR) is 99.6 cm³/mol. The van der Waals surface area contributed by atoms with E-state index in [0.29, 0.717) is 42.2 Å². The van der Waals surface area contributed by atoms with Gasteiger partial charge < -0.3 is 14.8 Å². The molecule has 3 rings (SSSR count). The number of aromatic nitrogens is 4. The van der Waals surface area contributed by atoms with E-state index in [1.165, 1.54) is 5.56 Å². The number of ether oxygens (including phenoxy) is 2. The monoisotopic (exact) mass is 373 g/mol. The van der Waals surface area contributed by atoms with Gasteiger partial charge in [0.2, 0.25) is 0 Å². The lowest BCUT2D eigenvalue weighted by Gasteiger charge is -2.16. The number of nitrogens with one attached hydrogen (secondary N) is 2. The molecule has 3 aromatic rings. The van der Waals surface area contributed by atoms with Crippen molar-refractivity contribution in [3.63, 3.8) is 0 Å². The first-order chi connectivity index (χ1) is 12.7. The van der Waals surface area contributed by atoms with E-state index in [4.69, 9.17) is 21.1 Å². The SMILES string of the molecule is CCOc1cc(CNc2nn[nH]n2)cc(Cl)c1OCc1ccccc1C. The zero-order chi connectivity index (χ0) is 18.4. The molecule has 0 aliphatic carbocycles. The summed E-state index contributed by atoms with van der Waals surface area (Å²) in [6.45, 7) is 5.39. The number of hydrogen-bond donors (Lipinski definition) is 2. The normalized spacial score (nSPS) is 10.6. The van der Waals surface area contributed by atoms with Crippen molar-refractivity contribution in [2.24, 2.45) is 0 Å². The van der Waals surface area contributed by atoms with Crippen LogP contribution in [0.4, 0.5) is 5.95 Å². The number of tetrazole rings is 1. The lowest BCUT2D eigenvalue weighted by Crippen LogP contribution is -2.05. The third kappa shape index (κ3) is 4.43. The number of hydrogen-bond acceptors (Lipinski definition) is 6. The summed E-state index contributed by atoms with van der Waals surface area (Å²) in [7, 11) is 0. The van der Waals surface area contributed by atoms with Crippen LogP contribution in [0.2, 0.25) is 5.02 Å². The predicted octanol–water partition coefficient (Wildman–Crippen LogP) is 3.75. The minimum Gasteiger partial charge on any atom is -0.490 e. The van der Waals surface area contributed by atoms with Crippen molar-refractivity contribution in [3.8, 4) is 11.5 Å². The Morgan fingerprint density at radius 2 is 2.04 bits per heavy atom. The first-order valence-corrected chi connectivity index (χ1v) is 8.65. The lowest BCUT2D eigenvalue weighted by molar-refractivity contribution is 0.269. The number of aromatic amines is 1. The van der Waals surface area contributed by atoms with Crippen LogP contribution in [0, 0.1) is 6.92 Å². The van der Waals surface area contributed by atoms with Crippen LogP contribution in [0.3, 0.4) is 0 Å². The van der Waals surface area contributed by atoms with E-state index >= 15 is 0 Å². The summed E-state index contributed by atoms with van der Waals surface area (Å²) in [5.74, 6) is 1.57. The molecule has 0 fully saturated rings. The van der Waals surface area contributed by atoms with Crippen molar-refractivity contribution in [3.05, 3.63) is 58.1 Å². The van der Waals surface area contributed by atoms with Gasteiger partial charge in [-0.2, -0.15) is 5.21 Å². The molecule has 8 heteroatoms. The Bertz CT molecular complexity index is 855. The molecule has 26 heavy (non-hydrogen) atoms. The molecule has 0 aliphatic heterocycles. The molecular weight excluding hydrogens is 354 g/mol. The third-order valence-corrected chi connectivity index (χ3v) is 4.08. The van der Waals surface area contributed by atoms with Crippen LogP contribution in [-0.2, 0) is 13.2 Å². The second-order valence-corrected chi connectivity index (χ2v) is 6.05. The van der Waals surface area contributed by atoms with Gasteiger partial charge in [-0.15, -0.1) is 5.10 Å². The highest BCUT2D eigenvalue weighted by Crippen LogP contribution is 2.37. The lowest BCUT2D eigenvalue weighted by atomic mass is 10.1. The molecule has 0 unspecified atom stereocenters. The molecule has 0 aliphatic rings.